The van der Waals surface area contributed by atoms with Crippen LogP contribution in [0.15, 0.2) is 5.38 Å². The van der Waals surface area contributed by atoms with Crippen molar-refractivity contribution in [2.45, 2.75) is 6.92 Å². The highest BCUT2D eigenvalue weighted by Gasteiger charge is 2.12. The third-order valence-corrected chi connectivity index (χ3v) is 2.93. The minimum Gasteiger partial charge on any atom is -0.289 e. The van der Waals surface area contributed by atoms with Gasteiger partial charge in [0.1, 0.15) is 4.88 Å². The van der Waals surface area contributed by atoms with E-state index in [1.807, 2.05) is 17.7 Å². The zero-order chi connectivity index (χ0) is 8.43. The van der Waals surface area contributed by atoms with Gasteiger partial charge in [-0.2, -0.15) is 0 Å². The highest BCUT2D eigenvalue weighted by atomic mass is 35.5. The number of amides is 1. The van der Waals surface area contributed by atoms with Crippen LogP contribution in [0.2, 0.25) is 5.02 Å². The summed E-state index contributed by atoms with van der Waals surface area (Å²) in [4.78, 5) is 11.4. The van der Waals surface area contributed by atoms with Gasteiger partial charge in [0, 0.05) is 0 Å². The fourth-order valence-electron chi connectivity index (χ4n) is 0.649. The maximum absolute atomic E-state index is 10.9. The number of hydrogen-bond acceptors (Lipinski definition) is 3. The molecule has 0 saturated carbocycles. The van der Waals surface area contributed by atoms with Crippen molar-refractivity contribution in [2.24, 2.45) is 5.84 Å². The van der Waals surface area contributed by atoms with Gasteiger partial charge in [0.2, 0.25) is 0 Å². The van der Waals surface area contributed by atoms with Crippen LogP contribution in [0.5, 0.6) is 0 Å². The minimum atomic E-state index is -0.340. The number of nitrogens with one attached hydrogen (secondary N) is 1. The molecule has 1 aromatic heterocycles. The Bertz CT molecular complexity index is 284. The summed E-state index contributed by atoms with van der Waals surface area (Å²) in [6, 6.07) is 0. The molecule has 0 aromatic carbocycles. The number of aryl methyl sites for hydroxylation is 1. The lowest BCUT2D eigenvalue weighted by Gasteiger charge is -1.94. The first-order valence-corrected chi connectivity index (χ1v) is 4.17. The van der Waals surface area contributed by atoms with Crippen LogP contribution < -0.4 is 11.3 Å². The van der Waals surface area contributed by atoms with Crippen LogP contribution in [0, 0.1) is 6.92 Å². The molecule has 3 nitrogen and oxygen atoms in total. The summed E-state index contributed by atoms with van der Waals surface area (Å²) in [5.41, 5.74) is 2.92. The maximum atomic E-state index is 10.9. The Balaban J connectivity index is 3.04. The molecule has 0 aliphatic carbocycles. The van der Waals surface area contributed by atoms with E-state index < -0.39 is 0 Å². The third-order valence-electron chi connectivity index (χ3n) is 1.24. The van der Waals surface area contributed by atoms with Gasteiger partial charge in [-0.25, -0.2) is 5.84 Å². The predicted octanol–water partition coefficient (Wildman–Crippen LogP) is 1.31. The number of carbonyl (C=O) groups is 1. The van der Waals surface area contributed by atoms with E-state index in [1.165, 1.54) is 11.3 Å². The van der Waals surface area contributed by atoms with E-state index in [-0.39, 0.29) is 5.91 Å². The largest absolute Gasteiger partial charge is 0.289 e. The molecule has 0 saturated heterocycles. The quantitative estimate of drug-likeness (QED) is 0.399. The average molecular weight is 191 g/mol. The predicted molar refractivity (Wildman–Crippen MR) is 45.7 cm³/mol. The van der Waals surface area contributed by atoms with Crippen molar-refractivity contribution in [3.63, 3.8) is 0 Å². The fourth-order valence-corrected chi connectivity index (χ4v) is 1.83. The number of hydrogen-bond donors (Lipinski definition) is 2. The van der Waals surface area contributed by atoms with E-state index in [0.717, 1.165) is 5.56 Å². The standard InChI is InChI=1S/C6H7ClN2OS/c1-3-2-11-5(4(3)7)6(10)9-8/h2H,8H2,1H3,(H,9,10). The zero-order valence-electron chi connectivity index (χ0n) is 5.85. The average Bonchev–Trinajstić information content (AvgIpc) is 2.32. The molecule has 1 heterocycles. The van der Waals surface area contributed by atoms with Gasteiger partial charge >= 0.3 is 0 Å². The van der Waals surface area contributed by atoms with Gasteiger partial charge in [0.05, 0.1) is 5.02 Å². The number of hydrazine groups is 1. The van der Waals surface area contributed by atoms with Crippen LogP contribution in [0.25, 0.3) is 0 Å². The monoisotopic (exact) mass is 190 g/mol. The SMILES string of the molecule is Cc1csc(C(=O)NN)c1Cl. The first-order chi connectivity index (χ1) is 5.16. The second-order valence-corrected chi connectivity index (χ2v) is 3.29. The lowest BCUT2D eigenvalue weighted by molar-refractivity contribution is 0.0958. The second-order valence-electron chi connectivity index (χ2n) is 2.04. The summed E-state index contributed by atoms with van der Waals surface area (Å²) < 4.78 is 0. The molecule has 60 valence electrons. The van der Waals surface area contributed by atoms with Crippen LogP contribution in [-0.2, 0) is 0 Å². The van der Waals surface area contributed by atoms with E-state index in [4.69, 9.17) is 17.4 Å². The van der Waals surface area contributed by atoms with E-state index in [1.54, 1.807) is 0 Å². The van der Waals surface area contributed by atoms with Crippen LogP contribution in [0.4, 0.5) is 0 Å². The van der Waals surface area contributed by atoms with Crippen LogP contribution >= 0.6 is 22.9 Å². The van der Waals surface area contributed by atoms with Crippen LogP contribution in [-0.4, -0.2) is 5.91 Å². The van der Waals surface area contributed by atoms with Gasteiger partial charge in [-0.1, -0.05) is 11.6 Å². The van der Waals surface area contributed by atoms with E-state index >= 15 is 0 Å². The van der Waals surface area contributed by atoms with Gasteiger partial charge in [-0.3, -0.25) is 10.2 Å². The molecule has 0 aliphatic rings. The summed E-state index contributed by atoms with van der Waals surface area (Å²) >= 11 is 7.06. The Morgan fingerprint density at radius 1 is 1.82 bits per heavy atom. The Labute approximate surface area is 73.1 Å². The second kappa shape index (κ2) is 3.21. The normalized spacial score (nSPS) is 9.73. The summed E-state index contributed by atoms with van der Waals surface area (Å²) in [6.45, 7) is 1.84. The van der Waals surface area contributed by atoms with Gasteiger partial charge in [0.25, 0.3) is 5.91 Å². The smallest absolute Gasteiger partial charge is 0.276 e. The molecular formula is C6H7ClN2OS. The molecule has 5 heteroatoms. The minimum absolute atomic E-state index is 0.340. The Kier molecular flexibility index (Phi) is 2.49. The summed E-state index contributed by atoms with van der Waals surface area (Å²) in [6.07, 6.45) is 0. The molecule has 0 unspecified atom stereocenters. The summed E-state index contributed by atoms with van der Waals surface area (Å²) in [5.74, 6) is 4.59. The molecule has 0 fully saturated rings. The van der Waals surface area contributed by atoms with Crippen molar-refractivity contribution in [2.75, 3.05) is 0 Å². The Hall–Kier alpha value is -0.580. The molecule has 0 spiro atoms. The highest BCUT2D eigenvalue weighted by molar-refractivity contribution is 7.13. The lowest BCUT2D eigenvalue weighted by Crippen LogP contribution is -2.29. The molecule has 1 rings (SSSR count). The number of thiophene rings is 1. The molecular weight excluding hydrogens is 184 g/mol. The van der Waals surface area contributed by atoms with Crippen molar-refractivity contribution in [3.8, 4) is 0 Å². The highest BCUT2D eigenvalue weighted by Crippen LogP contribution is 2.26. The van der Waals surface area contributed by atoms with Gasteiger partial charge < -0.3 is 0 Å². The number of carbonyl (C=O) groups excluding carboxylic acids is 1. The third kappa shape index (κ3) is 1.53. The molecule has 0 radical (unpaired) electrons. The Morgan fingerprint density at radius 2 is 2.45 bits per heavy atom. The van der Waals surface area contributed by atoms with Crippen molar-refractivity contribution in [3.05, 3.63) is 20.8 Å². The van der Waals surface area contributed by atoms with Crippen LogP contribution in [0.3, 0.4) is 0 Å². The van der Waals surface area contributed by atoms with E-state index in [9.17, 15) is 4.79 Å². The van der Waals surface area contributed by atoms with Crippen LogP contribution in [0.1, 0.15) is 15.2 Å². The van der Waals surface area contributed by atoms with Gasteiger partial charge in [-0.05, 0) is 17.9 Å². The molecule has 0 atom stereocenters. The van der Waals surface area contributed by atoms with Crippen molar-refractivity contribution < 1.29 is 4.79 Å². The first kappa shape index (κ1) is 8.52. The van der Waals surface area contributed by atoms with E-state index in [2.05, 4.69) is 0 Å². The van der Waals surface area contributed by atoms with Crippen molar-refractivity contribution >= 4 is 28.8 Å². The first-order valence-electron chi connectivity index (χ1n) is 2.91. The molecule has 0 bridgehead atoms. The Morgan fingerprint density at radius 3 is 2.82 bits per heavy atom. The van der Waals surface area contributed by atoms with Crippen molar-refractivity contribution in [1.82, 2.24) is 5.43 Å². The molecule has 11 heavy (non-hydrogen) atoms. The number of halogens is 1. The van der Waals surface area contributed by atoms with Gasteiger partial charge in [0.15, 0.2) is 0 Å². The zero-order valence-corrected chi connectivity index (χ0v) is 7.42. The van der Waals surface area contributed by atoms with Crippen molar-refractivity contribution in [1.29, 1.82) is 0 Å². The number of nitrogens with two attached hydrogens (primary N) is 1. The molecule has 1 aromatic rings. The van der Waals surface area contributed by atoms with Gasteiger partial charge in [-0.15, -0.1) is 11.3 Å². The lowest BCUT2D eigenvalue weighted by atomic mass is 10.3. The molecule has 0 aliphatic heterocycles. The maximum Gasteiger partial charge on any atom is 0.276 e. The fraction of sp³-hybridized carbons (Fsp3) is 0.167. The topological polar surface area (TPSA) is 55.1 Å². The molecule has 3 N–H and O–H groups in total. The summed E-state index contributed by atoms with van der Waals surface area (Å²) in [5, 5.41) is 2.30. The number of nitrogen functional groups attached to an aromatic ring is 1. The van der Waals surface area contributed by atoms with E-state index in [0.29, 0.717) is 9.90 Å². The summed E-state index contributed by atoms with van der Waals surface area (Å²) in [7, 11) is 0. The number of rotatable bonds is 1. The molecule has 1 amide bonds.